The van der Waals surface area contributed by atoms with Crippen LogP contribution in [0.25, 0.3) is 0 Å². The summed E-state index contributed by atoms with van der Waals surface area (Å²) in [5.41, 5.74) is 3.93. The van der Waals surface area contributed by atoms with Crippen LogP contribution in [-0.4, -0.2) is 23.9 Å². The van der Waals surface area contributed by atoms with Crippen molar-refractivity contribution in [3.05, 3.63) is 62.7 Å². The molecule has 1 heterocycles. The number of aryl methyl sites for hydroxylation is 1. The third-order valence-corrected chi connectivity index (χ3v) is 5.47. The summed E-state index contributed by atoms with van der Waals surface area (Å²) in [5.74, 6) is 0.735. The fourth-order valence-electron chi connectivity index (χ4n) is 3.41. The normalized spacial score (nSPS) is 18.1. The highest BCUT2D eigenvalue weighted by molar-refractivity contribution is 14.1. The van der Waals surface area contributed by atoms with Crippen molar-refractivity contribution in [2.45, 2.75) is 33.2 Å². The standard InChI is InChI=1S/C21H25IN2O/c1-15-4-3-11-24(13-15)14-17-5-7-18(8-6-17)21(25)23-20-10-9-19(22)12-16(20)2/h5-10,12,15H,3-4,11,13-14H2,1-2H3,(H,23,25). The van der Waals surface area contributed by atoms with E-state index in [-0.39, 0.29) is 5.91 Å². The van der Waals surface area contributed by atoms with Crippen LogP contribution in [0.3, 0.4) is 0 Å². The SMILES string of the molecule is Cc1cc(I)ccc1NC(=O)c1ccc(CN2CCCC(C)C2)cc1. The van der Waals surface area contributed by atoms with Gasteiger partial charge in [0.1, 0.15) is 0 Å². The highest BCUT2D eigenvalue weighted by Gasteiger charge is 2.16. The number of hydrogen-bond donors (Lipinski definition) is 1. The maximum atomic E-state index is 12.5. The lowest BCUT2D eigenvalue weighted by molar-refractivity contribution is 0.102. The van der Waals surface area contributed by atoms with Gasteiger partial charge in [-0.25, -0.2) is 0 Å². The molecule has 1 aliphatic heterocycles. The van der Waals surface area contributed by atoms with E-state index >= 15 is 0 Å². The molecule has 2 aromatic rings. The third-order valence-electron chi connectivity index (χ3n) is 4.80. The van der Waals surface area contributed by atoms with Gasteiger partial charge in [0, 0.05) is 27.9 Å². The lowest BCUT2D eigenvalue weighted by Crippen LogP contribution is -2.33. The van der Waals surface area contributed by atoms with Crippen LogP contribution in [-0.2, 0) is 6.54 Å². The van der Waals surface area contributed by atoms with E-state index in [9.17, 15) is 4.79 Å². The molecule has 0 bridgehead atoms. The molecule has 4 heteroatoms. The summed E-state index contributed by atoms with van der Waals surface area (Å²) in [4.78, 5) is 15.0. The lowest BCUT2D eigenvalue weighted by atomic mass is 9.99. The van der Waals surface area contributed by atoms with Crippen LogP contribution in [0, 0.1) is 16.4 Å². The van der Waals surface area contributed by atoms with E-state index in [0.717, 1.165) is 23.7 Å². The number of anilines is 1. The number of carbonyl (C=O) groups excluding carboxylic acids is 1. The molecular weight excluding hydrogens is 423 g/mol. The maximum Gasteiger partial charge on any atom is 0.255 e. The first kappa shape index (κ1) is 18.4. The Morgan fingerprint density at radius 1 is 1.24 bits per heavy atom. The number of hydrogen-bond acceptors (Lipinski definition) is 2. The number of piperidine rings is 1. The van der Waals surface area contributed by atoms with Crippen molar-refractivity contribution in [3.8, 4) is 0 Å². The highest BCUT2D eigenvalue weighted by atomic mass is 127. The second-order valence-electron chi connectivity index (χ2n) is 7.09. The largest absolute Gasteiger partial charge is 0.322 e. The molecule has 1 unspecified atom stereocenters. The molecular formula is C21H25IN2O. The van der Waals surface area contributed by atoms with Gasteiger partial charge in [0.05, 0.1) is 0 Å². The van der Waals surface area contributed by atoms with Crippen LogP contribution in [0.5, 0.6) is 0 Å². The van der Waals surface area contributed by atoms with Crippen LogP contribution in [0.2, 0.25) is 0 Å². The zero-order chi connectivity index (χ0) is 17.8. The number of benzene rings is 2. The number of amides is 1. The van der Waals surface area contributed by atoms with Crippen LogP contribution in [0.4, 0.5) is 5.69 Å². The summed E-state index contributed by atoms with van der Waals surface area (Å²) < 4.78 is 1.17. The van der Waals surface area contributed by atoms with Crippen LogP contribution in [0.1, 0.15) is 41.3 Å². The number of rotatable bonds is 4. The molecule has 0 saturated carbocycles. The smallest absolute Gasteiger partial charge is 0.255 e. The van der Waals surface area contributed by atoms with Gasteiger partial charge in [-0.3, -0.25) is 9.69 Å². The number of carbonyl (C=O) groups is 1. The van der Waals surface area contributed by atoms with Crippen molar-refractivity contribution in [2.75, 3.05) is 18.4 Å². The second kappa shape index (κ2) is 8.32. The van der Waals surface area contributed by atoms with Crippen molar-refractivity contribution in [1.29, 1.82) is 0 Å². The first-order chi connectivity index (χ1) is 12.0. The molecule has 1 saturated heterocycles. The lowest BCUT2D eigenvalue weighted by Gasteiger charge is -2.30. The molecule has 1 fully saturated rings. The molecule has 25 heavy (non-hydrogen) atoms. The topological polar surface area (TPSA) is 32.3 Å². The molecule has 1 atom stereocenters. The van der Waals surface area contributed by atoms with Crippen LogP contribution >= 0.6 is 22.6 Å². The summed E-state index contributed by atoms with van der Waals surface area (Å²) in [6.45, 7) is 7.67. The molecule has 3 rings (SSSR count). The summed E-state index contributed by atoms with van der Waals surface area (Å²) in [7, 11) is 0. The van der Waals surface area contributed by atoms with Crippen molar-refractivity contribution >= 4 is 34.2 Å². The minimum Gasteiger partial charge on any atom is -0.322 e. The minimum absolute atomic E-state index is 0.0533. The molecule has 0 spiro atoms. The molecule has 132 valence electrons. The number of likely N-dealkylation sites (tertiary alicyclic amines) is 1. The quantitative estimate of drug-likeness (QED) is 0.662. The summed E-state index contributed by atoms with van der Waals surface area (Å²) in [5, 5.41) is 3.01. The van der Waals surface area contributed by atoms with E-state index < -0.39 is 0 Å². The monoisotopic (exact) mass is 448 g/mol. The van der Waals surface area contributed by atoms with Gasteiger partial charge in [0.15, 0.2) is 0 Å². The second-order valence-corrected chi connectivity index (χ2v) is 8.34. The Bertz CT molecular complexity index is 742. The number of nitrogens with zero attached hydrogens (tertiary/aromatic N) is 1. The predicted octanol–water partition coefficient (Wildman–Crippen LogP) is 5.08. The van der Waals surface area contributed by atoms with Crippen LogP contribution < -0.4 is 5.32 Å². The fourth-order valence-corrected chi connectivity index (χ4v) is 4.06. The highest BCUT2D eigenvalue weighted by Crippen LogP contribution is 2.20. The Kier molecular flexibility index (Phi) is 6.12. The van der Waals surface area contributed by atoms with E-state index in [4.69, 9.17) is 0 Å². The fraction of sp³-hybridized carbons (Fsp3) is 0.381. The maximum absolute atomic E-state index is 12.5. The first-order valence-electron chi connectivity index (χ1n) is 8.90. The number of halogens is 1. The zero-order valence-corrected chi connectivity index (χ0v) is 17.0. The van der Waals surface area contributed by atoms with Gasteiger partial charge in [-0.2, -0.15) is 0 Å². The van der Waals surface area contributed by atoms with Gasteiger partial charge in [-0.15, -0.1) is 0 Å². The molecule has 2 aromatic carbocycles. The van der Waals surface area contributed by atoms with Gasteiger partial charge in [-0.05, 0) is 96.3 Å². The van der Waals surface area contributed by atoms with Gasteiger partial charge < -0.3 is 5.32 Å². The van der Waals surface area contributed by atoms with Gasteiger partial charge in [-0.1, -0.05) is 19.1 Å². The van der Waals surface area contributed by atoms with Crippen molar-refractivity contribution in [1.82, 2.24) is 4.90 Å². The summed E-state index contributed by atoms with van der Waals surface area (Å²) in [6, 6.07) is 14.1. The van der Waals surface area contributed by atoms with Crippen molar-refractivity contribution in [3.63, 3.8) is 0 Å². The van der Waals surface area contributed by atoms with Gasteiger partial charge >= 0.3 is 0 Å². The van der Waals surface area contributed by atoms with Crippen LogP contribution in [0.15, 0.2) is 42.5 Å². The molecule has 3 nitrogen and oxygen atoms in total. The Labute approximate surface area is 164 Å². The van der Waals surface area contributed by atoms with Crippen molar-refractivity contribution < 1.29 is 4.79 Å². The van der Waals surface area contributed by atoms with Gasteiger partial charge in [0.2, 0.25) is 0 Å². The number of nitrogens with one attached hydrogen (secondary N) is 1. The average molecular weight is 448 g/mol. The minimum atomic E-state index is -0.0533. The molecule has 1 N–H and O–H groups in total. The van der Waals surface area contributed by atoms with E-state index in [1.165, 1.54) is 35.1 Å². The van der Waals surface area contributed by atoms with Crippen molar-refractivity contribution in [2.24, 2.45) is 5.92 Å². The van der Waals surface area contributed by atoms with E-state index in [1.54, 1.807) is 0 Å². The molecule has 0 aliphatic carbocycles. The Morgan fingerprint density at radius 2 is 2.00 bits per heavy atom. The Hall–Kier alpha value is -1.40. The molecule has 1 aliphatic rings. The summed E-state index contributed by atoms with van der Waals surface area (Å²) >= 11 is 2.28. The Morgan fingerprint density at radius 3 is 2.68 bits per heavy atom. The predicted molar refractivity (Wildman–Crippen MR) is 112 cm³/mol. The van der Waals surface area contributed by atoms with E-state index in [2.05, 4.69) is 57.9 Å². The van der Waals surface area contributed by atoms with E-state index in [1.807, 2.05) is 31.2 Å². The summed E-state index contributed by atoms with van der Waals surface area (Å²) in [6.07, 6.45) is 2.63. The molecule has 0 radical (unpaired) electrons. The average Bonchev–Trinajstić information content (AvgIpc) is 2.58. The zero-order valence-electron chi connectivity index (χ0n) is 14.9. The molecule has 1 amide bonds. The van der Waals surface area contributed by atoms with Gasteiger partial charge in [0.25, 0.3) is 5.91 Å². The molecule has 0 aromatic heterocycles. The Balaban J connectivity index is 1.62. The van der Waals surface area contributed by atoms with E-state index in [0.29, 0.717) is 5.56 Å². The first-order valence-corrected chi connectivity index (χ1v) is 9.98. The third kappa shape index (κ3) is 5.05.